The van der Waals surface area contributed by atoms with Gasteiger partial charge in [0.15, 0.2) is 0 Å². The molecule has 0 bridgehead atoms. The number of rotatable bonds is 10. The van der Waals surface area contributed by atoms with Crippen molar-refractivity contribution < 1.29 is 27.9 Å². The smallest absolute Gasteiger partial charge is 0.412 e. The molecule has 1 atom stereocenters. The molecule has 1 heterocycles. The Labute approximate surface area is 216 Å². The number of nitrogens with two attached hydrogens (primary N) is 1. The number of amides is 3. The van der Waals surface area contributed by atoms with Gasteiger partial charge in [-0.15, -0.1) is 0 Å². The minimum absolute atomic E-state index is 0.0321. The van der Waals surface area contributed by atoms with E-state index in [-0.39, 0.29) is 43.5 Å². The van der Waals surface area contributed by atoms with Crippen molar-refractivity contribution in [1.29, 1.82) is 0 Å². The Kier molecular flexibility index (Phi) is 9.31. The molecule has 5 N–H and O–H groups in total. The summed E-state index contributed by atoms with van der Waals surface area (Å²) in [6, 6.07) is 9.92. The van der Waals surface area contributed by atoms with Gasteiger partial charge < -0.3 is 21.1 Å². The third-order valence-electron chi connectivity index (χ3n) is 5.68. The van der Waals surface area contributed by atoms with E-state index < -0.39 is 35.0 Å². The largest absolute Gasteiger partial charge is 0.449 e. The Bertz CT molecular complexity index is 1310. The predicted octanol–water partition coefficient (Wildman–Crippen LogP) is 3.50. The van der Waals surface area contributed by atoms with Crippen molar-refractivity contribution >= 4 is 46.1 Å². The first-order chi connectivity index (χ1) is 17.6. The number of ether oxygens (including phenoxy) is 1. The van der Waals surface area contributed by atoms with E-state index in [4.69, 9.17) is 22.1 Å². The molecule has 0 aliphatic carbocycles. The minimum Gasteiger partial charge on any atom is -0.449 e. The summed E-state index contributed by atoms with van der Waals surface area (Å²) in [5.41, 5.74) is 4.50. The fraction of sp³-hybridized carbons (Fsp3) is 0.280. The summed E-state index contributed by atoms with van der Waals surface area (Å²) in [5, 5.41) is 8.83. The maximum absolute atomic E-state index is 13.7. The second kappa shape index (κ2) is 12.4. The van der Waals surface area contributed by atoms with Crippen LogP contribution in [0.25, 0.3) is 10.8 Å². The Morgan fingerprint density at radius 2 is 1.89 bits per heavy atom. The van der Waals surface area contributed by atoms with Gasteiger partial charge in [0.25, 0.3) is 0 Å². The number of pyridine rings is 1. The molecule has 3 amide bonds. The first-order valence-corrected chi connectivity index (χ1v) is 11.7. The summed E-state index contributed by atoms with van der Waals surface area (Å²) < 4.78 is 32.4. The molecule has 0 radical (unpaired) electrons. The normalized spacial score (nSPS) is 12.5. The van der Waals surface area contributed by atoms with Crippen LogP contribution in [-0.4, -0.2) is 42.6 Å². The van der Waals surface area contributed by atoms with Crippen molar-refractivity contribution in [3.8, 4) is 0 Å². The van der Waals surface area contributed by atoms with Gasteiger partial charge >= 0.3 is 6.09 Å². The highest BCUT2D eigenvalue weighted by atomic mass is 35.5. The lowest BCUT2D eigenvalue weighted by atomic mass is 9.85. The molecular formula is C25H26ClF2N5O4. The van der Waals surface area contributed by atoms with Gasteiger partial charge in [0, 0.05) is 24.7 Å². The number of fused-ring (bicyclic) bond motifs is 1. The average Bonchev–Trinajstić information content (AvgIpc) is 2.87. The molecule has 12 heteroatoms. The monoisotopic (exact) mass is 533 g/mol. The second-order valence-electron chi connectivity index (χ2n) is 8.51. The predicted molar refractivity (Wildman–Crippen MR) is 135 cm³/mol. The van der Waals surface area contributed by atoms with E-state index in [0.29, 0.717) is 16.3 Å². The molecule has 0 aliphatic rings. The number of aromatic nitrogens is 1. The van der Waals surface area contributed by atoms with Crippen molar-refractivity contribution in [2.24, 2.45) is 11.1 Å². The fourth-order valence-electron chi connectivity index (χ4n) is 3.41. The molecule has 9 nitrogen and oxygen atoms in total. The number of nitrogens with one attached hydrogen (secondary N) is 3. The van der Waals surface area contributed by atoms with Crippen molar-refractivity contribution in [3.05, 3.63) is 70.9 Å². The molecule has 0 fully saturated rings. The number of carbonyl (C=O) groups excluding carboxylic acids is 3. The Morgan fingerprint density at radius 3 is 2.65 bits per heavy atom. The topological polar surface area (TPSA) is 135 Å². The molecule has 0 spiro atoms. The van der Waals surface area contributed by atoms with Gasteiger partial charge in [0.2, 0.25) is 11.8 Å². The number of carbonyl (C=O) groups is 3. The molecule has 0 aliphatic heterocycles. The number of hydrogen-bond acceptors (Lipinski definition) is 6. The average molecular weight is 534 g/mol. The van der Waals surface area contributed by atoms with E-state index in [1.165, 1.54) is 36.5 Å². The van der Waals surface area contributed by atoms with E-state index in [1.54, 1.807) is 19.1 Å². The minimum atomic E-state index is -1.20. The van der Waals surface area contributed by atoms with Gasteiger partial charge in [-0.1, -0.05) is 23.7 Å². The number of nitrogens with zero attached hydrogens (tertiary/aromatic N) is 1. The van der Waals surface area contributed by atoms with Crippen LogP contribution < -0.4 is 21.7 Å². The molecule has 196 valence electrons. The summed E-state index contributed by atoms with van der Waals surface area (Å²) in [6.45, 7) is 0.988. The van der Waals surface area contributed by atoms with Crippen molar-refractivity contribution in [3.63, 3.8) is 0 Å². The Hall–Kier alpha value is -3.83. The fourth-order valence-corrected chi connectivity index (χ4v) is 3.60. The maximum atomic E-state index is 13.7. The van der Waals surface area contributed by atoms with Crippen LogP contribution in [0.15, 0.2) is 48.7 Å². The zero-order valence-corrected chi connectivity index (χ0v) is 20.7. The highest BCUT2D eigenvalue weighted by molar-refractivity contribution is 6.31. The van der Waals surface area contributed by atoms with Crippen LogP contribution in [0.5, 0.6) is 0 Å². The lowest BCUT2D eigenvalue weighted by Crippen LogP contribution is -2.48. The lowest BCUT2D eigenvalue weighted by molar-refractivity contribution is -0.131. The van der Waals surface area contributed by atoms with Crippen LogP contribution in [-0.2, 0) is 20.9 Å². The third kappa shape index (κ3) is 7.58. The zero-order valence-electron chi connectivity index (χ0n) is 19.9. The molecule has 37 heavy (non-hydrogen) atoms. The lowest BCUT2D eigenvalue weighted by Gasteiger charge is -2.28. The van der Waals surface area contributed by atoms with Crippen molar-refractivity contribution in [2.75, 3.05) is 25.0 Å². The SMILES string of the molecule is CC(CCOC(=O)Nc1cc2cc(F)ccc2cn1)(CNC(=O)CN)C(=O)NCc1cccc(F)c1Cl. The quantitative estimate of drug-likeness (QED) is 0.315. The van der Waals surface area contributed by atoms with Gasteiger partial charge in [0.05, 0.1) is 23.6 Å². The van der Waals surface area contributed by atoms with Gasteiger partial charge in [-0.25, -0.2) is 18.6 Å². The number of anilines is 1. The van der Waals surface area contributed by atoms with Crippen molar-refractivity contribution in [2.45, 2.75) is 19.9 Å². The van der Waals surface area contributed by atoms with Crippen LogP contribution in [0.3, 0.4) is 0 Å². The van der Waals surface area contributed by atoms with E-state index in [0.717, 1.165) is 0 Å². The van der Waals surface area contributed by atoms with E-state index in [1.807, 2.05) is 0 Å². The second-order valence-corrected chi connectivity index (χ2v) is 8.89. The molecule has 2 aromatic carbocycles. The number of halogens is 3. The number of hydrogen-bond donors (Lipinski definition) is 4. The molecule has 1 aromatic heterocycles. The molecule has 3 rings (SSSR count). The Balaban J connectivity index is 1.60. The van der Waals surface area contributed by atoms with Gasteiger partial charge in [-0.05, 0) is 54.6 Å². The summed E-state index contributed by atoms with van der Waals surface area (Å²) in [7, 11) is 0. The van der Waals surface area contributed by atoms with Crippen LogP contribution in [0.4, 0.5) is 19.4 Å². The molecule has 1 unspecified atom stereocenters. The molecule has 3 aromatic rings. The first kappa shape index (κ1) is 27.8. The van der Waals surface area contributed by atoms with Crippen molar-refractivity contribution in [1.82, 2.24) is 15.6 Å². The van der Waals surface area contributed by atoms with Gasteiger partial charge in [-0.3, -0.25) is 14.9 Å². The zero-order chi connectivity index (χ0) is 27.0. The van der Waals surface area contributed by atoms with Gasteiger partial charge in [0.1, 0.15) is 17.5 Å². The molecular weight excluding hydrogens is 508 g/mol. The van der Waals surface area contributed by atoms with Crippen LogP contribution in [0.1, 0.15) is 18.9 Å². The number of benzene rings is 2. The van der Waals surface area contributed by atoms with E-state index in [9.17, 15) is 23.2 Å². The highest BCUT2D eigenvalue weighted by Crippen LogP contribution is 2.24. The van der Waals surface area contributed by atoms with Crippen LogP contribution >= 0.6 is 11.6 Å². The molecule has 0 saturated heterocycles. The Morgan fingerprint density at radius 1 is 1.11 bits per heavy atom. The highest BCUT2D eigenvalue weighted by Gasteiger charge is 2.34. The van der Waals surface area contributed by atoms with Crippen LogP contribution in [0, 0.1) is 17.0 Å². The van der Waals surface area contributed by atoms with Gasteiger partial charge in [-0.2, -0.15) is 0 Å². The summed E-state index contributed by atoms with van der Waals surface area (Å²) in [5.74, 6) is -1.83. The summed E-state index contributed by atoms with van der Waals surface area (Å²) in [4.78, 5) is 41.1. The maximum Gasteiger partial charge on any atom is 0.412 e. The molecule has 0 saturated carbocycles. The standard InChI is InChI=1S/C25H26ClF2N5O4/c1-25(14-32-21(34)11-29,23(35)31-13-16-3-2-4-19(28)22(16)26)7-8-37-24(36)33-20-10-17-9-18(27)6-5-15(17)12-30-20/h2-6,9-10,12H,7-8,11,13-14,29H2,1H3,(H,31,35)(H,32,34)(H,30,33,36). The third-order valence-corrected chi connectivity index (χ3v) is 6.10. The van der Waals surface area contributed by atoms with Crippen LogP contribution in [0.2, 0.25) is 5.02 Å². The van der Waals surface area contributed by atoms with E-state index >= 15 is 0 Å². The van der Waals surface area contributed by atoms with E-state index in [2.05, 4.69) is 20.9 Å². The summed E-state index contributed by atoms with van der Waals surface area (Å²) >= 11 is 5.95. The first-order valence-electron chi connectivity index (χ1n) is 11.3. The summed E-state index contributed by atoms with van der Waals surface area (Å²) in [6.07, 6.45) is 0.685.